The Balaban J connectivity index is 2.70. The second kappa shape index (κ2) is 5.13. The average Bonchev–Trinajstić information content (AvgIpc) is 2.58. The minimum atomic E-state index is 0.103. The van der Waals surface area contributed by atoms with Crippen LogP contribution in [0.15, 0.2) is 0 Å². The molecule has 3 nitrogen and oxygen atoms in total. The fraction of sp³-hybridized carbons (Fsp3) is 0.909. The molecule has 1 aliphatic heterocycles. The van der Waals surface area contributed by atoms with Crippen LogP contribution in [0.4, 0.5) is 0 Å². The molecule has 1 aliphatic rings. The first kappa shape index (κ1) is 12.7. The molecule has 0 aromatic rings. The summed E-state index contributed by atoms with van der Waals surface area (Å²) in [6.45, 7) is 6.93. The Hall–Kier alpha value is -0.345. The summed E-state index contributed by atoms with van der Waals surface area (Å²) in [4.78, 5) is 12.9. The van der Waals surface area contributed by atoms with Crippen molar-refractivity contribution in [2.45, 2.75) is 51.1 Å². The molecule has 5 unspecified atom stereocenters. The second-order valence-corrected chi connectivity index (χ2v) is 4.80. The van der Waals surface area contributed by atoms with Gasteiger partial charge in [0.15, 0.2) is 5.78 Å². The van der Waals surface area contributed by atoms with Crippen molar-refractivity contribution in [3.05, 3.63) is 0 Å². The van der Waals surface area contributed by atoms with Gasteiger partial charge in [-0.05, 0) is 26.7 Å². The van der Waals surface area contributed by atoms with Crippen LogP contribution in [0, 0.1) is 0 Å². The Kier molecular flexibility index (Phi) is 4.35. The molecule has 1 heterocycles. The van der Waals surface area contributed by atoms with Crippen LogP contribution in [0.5, 0.6) is 0 Å². The highest BCUT2D eigenvalue weighted by Gasteiger charge is 2.40. The van der Waals surface area contributed by atoms with Crippen molar-refractivity contribution >= 4 is 13.6 Å². The minimum absolute atomic E-state index is 0.103. The topological polar surface area (TPSA) is 33.5 Å². The third kappa shape index (κ3) is 2.82. The molecule has 4 heteroatoms. The van der Waals surface area contributed by atoms with Gasteiger partial charge in [0.2, 0.25) is 0 Å². The number of rotatable bonds is 4. The number of carbonyl (C=O) groups excluding carboxylic acids is 1. The van der Waals surface area contributed by atoms with Gasteiger partial charge in [0.05, 0.1) is 20.4 Å². The summed E-state index contributed by atoms with van der Waals surface area (Å²) in [7, 11) is 7.90. The maximum Gasteiger partial charge on any atom is 0.186 e. The van der Waals surface area contributed by atoms with Gasteiger partial charge in [0, 0.05) is 13.3 Å². The lowest BCUT2D eigenvalue weighted by atomic mass is 9.85. The molecule has 84 valence electrons. The van der Waals surface area contributed by atoms with E-state index in [1.54, 1.807) is 6.92 Å². The molecular weight excluding hydrogens is 187 g/mol. The van der Waals surface area contributed by atoms with Gasteiger partial charge in [0.1, 0.15) is 12.1 Å². The Labute approximate surface area is 94.0 Å². The molecule has 1 saturated heterocycles. The predicted molar refractivity (Wildman–Crippen MR) is 62.4 cm³/mol. The number of likely N-dealkylation sites (tertiary alicyclic amines) is 1. The van der Waals surface area contributed by atoms with Gasteiger partial charge in [-0.2, -0.15) is 0 Å². The number of likely N-dealkylation sites (N-methyl/N-ethyl adjacent to an activating group) is 1. The van der Waals surface area contributed by atoms with Crippen LogP contribution in [0.2, 0.25) is 5.82 Å². The normalized spacial score (nSPS) is 35.1. The molecule has 0 saturated carbocycles. The molecule has 0 aliphatic carbocycles. The zero-order chi connectivity index (χ0) is 11.6. The summed E-state index contributed by atoms with van der Waals surface area (Å²) >= 11 is 0. The maximum atomic E-state index is 11.5. The lowest BCUT2D eigenvalue weighted by molar-refractivity contribution is -0.927. The van der Waals surface area contributed by atoms with Gasteiger partial charge >= 0.3 is 0 Å². The van der Waals surface area contributed by atoms with Gasteiger partial charge in [-0.15, -0.1) is 0 Å². The number of hydrogen-bond donors (Lipinski definition) is 2. The standard InChI is InChI=1S/C11H21BN2O/c1-7(13-4)8(2)14-6-10(12)5-11(14)9(3)15/h7-8,10-11,13H,5-6H2,1-4H3/p+1. The summed E-state index contributed by atoms with van der Waals surface area (Å²) in [5.41, 5.74) is 0. The monoisotopic (exact) mass is 209 g/mol. The quantitative estimate of drug-likeness (QED) is 0.593. The van der Waals surface area contributed by atoms with Crippen LogP contribution in [0.1, 0.15) is 27.2 Å². The zero-order valence-corrected chi connectivity index (χ0v) is 10.2. The molecule has 15 heavy (non-hydrogen) atoms. The highest BCUT2D eigenvalue weighted by molar-refractivity contribution is 6.12. The summed E-state index contributed by atoms with van der Waals surface area (Å²) in [5, 5.41) is 3.24. The molecule has 1 rings (SSSR count). The van der Waals surface area contributed by atoms with E-state index in [4.69, 9.17) is 7.85 Å². The van der Waals surface area contributed by atoms with Crippen molar-refractivity contribution in [3.8, 4) is 0 Å². The minimum Gasteiger partial charge on any atom is -0.323 e. The second-order valence-electron chi connectivity index (χ2n) is 4.80. The Morgan fingerprint density at radius 2 is 2.13 bits per heavy atom. The summed E-state index contributed by atoms with van der Waals surface area (Å²) in [6, 6.07) is 0.940. The number of carbonyl (C=O) groups is 1. The third-order valence-corrected chi connectivity index (χ3v) is 3.76. The van der Waals surface area contributed by atoms with E-state index in [2.05, 4.69) is 19.2 Å². The Bertz CT molecular complexity index is 235. The van der Waals surface area contributed by atoms with E-state index in [1.807, 2.05) is 7.05 Å². The highest BCUT2D eigenvalue weighted by atomic mass is 16.1. The molecule has 2 radical (unpaired) electrons. The smallest absolute Gasteiger partial charge is 0.186 e. The fourth-order valence-corrected chi connectivity index (χ4v) is 2.48. The number of ketones is 1. The molecule has 0 spiro atoms. The van der Waals surface area contributed by atoms with Crippen molar-refractivity contribution in [2.24, 2.45) is 0 Å². The van der Waals surface area contributed by atoms with Gasteiger partial charge < -0.3 is 10.2 Å². The first-order chi connectivity index (χ1) is 6.97. The number of quaternary nitrogens is 1. The van der Waals surface area contributed by atoms with Crippen molar-refractivity contribution < 1.29 is 9.69 Å². The lowest BCUT2D eigenvalue weighted by Gasteiger charge is -2.30. The van der Waals surface area contributed by atoms with Gasteiger partial charge in [-0.1, -0.05) is 0 Å². The van der Waals surface area contributed by atoms with E-state index in [0.29, 0.717) is 12.1 Å². The van der Waals surface area contributed by atoms with E-state index in [0.717, 1.165) is 13.0 Å². The largest absolute Gasteiger partial charge is 0.323 e. The van der Waals surface area contributed by atoms with E-state index in [1.165, 1.54) is 4.90 Å². The fourth-order valence-electron chi connectivity index (χ4n) is 2.48. The Morgan fingerprint density at radius 1 is 1.53 bits per heavy atom. The Morgan fingerprint density at radius 3 is 2.60 bits per heavy atom. The number of hydrogen-bond acceptors (Lipinski definition) is 2. The van der Waals surface area contributed by atoms with Crippen LogP contribution in [0.25, 0.3) is 0 Å². The van der Waals surface area contributed by atoms with Crippen LogP contribution in [0.3, 0.4) is 0 Å². The van der Waals surface area contributed by atoms with Crippen molar-refractivity contribution in [1.82, 2.24) is 5.32 Å². The summed E-state index contributed by atoms with van der Waals surface area (Å²) in [6.07, 6.45) is 0.839. The molecule has 1 fully saturated rings. The SMILES string of the molecule is [B]C1CC(C(C)=O)[NH+](C(C)C(C)NC)C1. The van der Waals surface area contributed by atoms with Gasteiger partial charge in [-0.25, -0.2) is 0 Å². The van der Waals surface area contributed by atoms with Crippen molar-refractivity contribution in [1.29, 1.82) is 0 Å². The summed E-state index contributed by atoms with van der Waals surface area (Å²) in [5.74, 6) is 0.452. The predicted octanol–water partition coefficient (Wildman–Crippen LogP) is -0.814. The number of nitrogens with one attached hydrogen (secondary N) is 2. The lowest BCUT2D eigenvalue weighted by Crippen LogP contribution is -3.19. The van der Waals surface area contributed by atoms with Gasteiger partial charge in [0.25, 0.3) is 0 Å². The van der Waals surface area contributed by atoms with E-state index >= 15 is 0 Å². The molecular formula is C11H22BN2O+. The highest BCUT2D eigenvalue weighted by Crippen LogP contribution is 2.13. The van der Waals surface area contributed by atoms with Gasteiger partial charge in [-0.3, -0.25) is 4.79 Å². The van der Waals surface area contributed by atoms with Crippen LogP contribution in [-0.2, 0) is 4.79 Å². The molecule has 0 bridgehead atoms. The molecule has 0 amide bonds. The van der Waals surface area contributed by atoms with Crippen molar-refractivity contribution in [2.75, 3.05) is 13.6 Å². The summed E-state index contributed by atoms with van der Waals surface area (Å²) < 4.78 is 0. The molecule has 0 aromatic carbocycles. The van der Waals surface area contributed by atoms with Crippen molar-refractivity contribution in [3.63, 3.8) is 0 Å². The molecule has 5 atom stereocenters. The third-order valence-electron chi connectivity index (χ3n) is 3.76. The first-order valence-electron chi connectivity index (χ1n) is 5.76. The van der Waals surface area contributed by atoms with E-state index in [-0.39, 0.29) is 17.6 Å². The average molecular weight is 209 g/mol. The first-order valence-corrected chi connectivity index (χ1v) is 5.76. The zero-order valence-electron chi connectivity index (χ0n) is 10.2. The van der Waals surface area contributed by atoms with Crippen LogP contribution < -0.4 is 10.2 Å². The van der Waals surface area contributed by atoms with E-state index in [9.17, 15) is 4.79 Å². The van der Waals surface area contributed by atoms with Crippen LogP contribution >= 0.6 is 0 Å². The number of Topliss-reactive ketones (excluding diaryl/α,β-unsaturated/α-hetero) is 1. The van der Waals surface area contributed by atoms with Crippen LogP contribution in [-0.4, -0.2) is 45.3 Å². The van der Waals surface area contributed by atoms with E-state index < -0.39 is 0 Å². The maximum absolute atomic E-state index is 11.5. The molecule has 2 N–H and O–H groups in total. The molecule has 0 aromatic heterocycles.